The van der Waals surface area contributed by atoms with Gasteiger partial charge in [-0.1, -0.05) is 25.1 Å². The normalized spacial score (nSPS) is 21.5. The number of carbonyl (C=O) groups excluding carboxylic acids is 1. The minimum atomic E-state index is -1.01. The number of benzene rings is 1. The topological polar surface area (TPSA) is 83.6 Å². The first-order chi connectivity index (χ1) is 10.0. The SMILES string of the molecule is CCC1(C(=O)O)CCCN1C(=O)CCc1ccccc1N. The molecule has 1 aliphatic heterocycles. The van der Waals surface area contributed by atoms with Gasteiger partial charge in [0.2, 0.25) is 5.91 Å². The molecule has 1 unspecified atom stereocenters. The van der Waals surface area contributed by atoms with E-state index in [-0.39, 0.29) is 5.91 Å². The van der Waals surface area contributed by atoms with Gasteiger partial charge in [-0.05, 0) is 37.3 Å². The van der Waals surface area contributed by atoms with E-state index in [9.17, 15) is 14.7 Å². The predicted octanol–water partition coefficient (Wildman–Crippen LogP) is 2.06. The highest BCUT2D eigenvalue weighted by atomic mass is 16.4. The summed E-state index contributed by atoms with van der Waals surface area (Å²) in [5, 5.41) is 9.50. The molecule has 3 N–H and O–H groups in total. The van der Waals surface area contributed by atoms with Crippen molar-refractivity contribution in [1.82, 2.24) is 4.90 Å². The number of nitrogen functional groups attached to an aromatic ring is 1. The van der Waals surface area contributed by atoms with Crippen LogP contribution < -0.4 is 5.73 Å². The van der Waals surface area contributed by atoms with Crippen LogP contribution in [0.5, 0.6) is 0 Å². The minimum absolute atomic E-state index is 0.0972. The molecule has 1 fully saturated rings. The molecule has 1 aromatic rings. The smallest absolute Gasteiger partial charge is 0.329 e. The first kappa shape index (κ1) is 15.4. The Morgan fingerprint density at radius 2 is 2.10 bits per heavy atom. The molecule has 21 heavy (non-hydrogen) atoms. The maximum absolute atomic E-state index is 12.4. The number of likely N-dealkylation sites (tertiary alicyclic amines) is 1. The largest absolute Gasteiger partial charge is 0.479 e. The molecule has 1 aromatic carbocycles. The minimum Gasteiger partial charge on any atom is -0.479 e. The average Bonchev–Trinajstić information content (AvgIpc) is 2.91. The summed E-state index contributed by atoms with van der Waals surface area (Å²) >= 11 is 0. The van der Waals surface area contributed by atoms with E-state index >= 15 is 0 Å². The van der Waals surface area contributed by atoms with Crippen LogP contribution in [-0.2, 0) is 16.0 Å². The lowest BCUT2D eigenvalue weighted by molar-refractivity contribution is -0.156. The molecule has 0 saturated carbocycles. The molecule has 1 atom stereocenters. The third-order valence-corrected chi connectivity index (χ3v) is 4.44. The lowest BCUT2D eigenvalue weighted by atomic mass is 9.92. The Bertz CT molecular complexity index is 544. The Labute approximate surface area is 124 Å². The molecule has 114 valence electrons. The van der Waals surface area contributed by atoms with Crippen molar-refractivity contribution < 1.29 is 14.7 Å². The van der Waals surface area contributed by atoms with Crippen molar-refractivity contribution in [3.63, 3.8) is 0 Å². The Morgan fingerprint density at radius 3 is 2.71 bits per heavy atom. The van der Waals surface area contributed by atoms with Gasteiger partial charge in [-0.25, -0.2) is 4.79 Å². The number of aliphatic carboxylic acids is 1. The molecule has 0 aromatic heterocycles. The van der Waals surface area contributed by atoms with E-state index in [0.717, 1.165) is 12.0 Å². The van der Waals surface area contributed by atoms with E-state index < -0.39 is 11.5 Å². The number of carboxylic acids is 1. The summed E-state index contributed by atoms with van der Waals surface area (Å²) in [6, 6.07) is 7.45. The number of carboxylic acid groups (broad SMARTS) is 1. The number of nitrogens with zero attached hydrogens (tertiary/aromatic N) is 1. The second kappa shape index (κ2) is 6.16. The van der Waals surface area contributed by atoms with Crippen molar-refractivity contribution >= 4 is 17.6 Å². The Hall–Kier alpha value is -2.04. The molecule has 2 rings (SSSR count). The molecule has 0 radical (unpaired) electrons. The predicted molar refractivity (Wildman–Crippen MR) is 80.8 cm³/mol. The van der Waals surface area contributed by atoms with Crippen molar-refractivity contribution in [3.05, 3.63) is 29.8 Å². The zero-order valence-corrected chi connectivity index (χ0v) is 12.3. The summed E-state index contributed by atoms with van der Waals surface area (Å²) in [7, 11) is 0. The molecule has 1 saturated heterocycles. The van der Waals surface area contributed by atoms with Crippen LogP contribution >= 0.6 is 0 Å². The van der Waals surface area contributed by atoms with Gasteiger partial charge in [-0.3, -0.25) is 4.79 Å². The molecular formula is C16H22N2O3. The molecule has 1 amide bonds. The third-order valence-electron chi connectivity index (χ3n) is 4.44. The maximum Gasteiger partial charge on any atom is 0.329 e. The van der Waals surface area contributed by atoms with Gasteiger partial charge in [-0.2, -0.15) is 0 Å². The molecule has 1 heterocycles. The van der Waals surface area contributed by atoms with Crippen molar-refractivity contribution in [3.8, 4) is 0 Å². The number of nitrogens with two attached hydrogens (primary N) is 1. The molecule has 5 heteroatoms. The van der Waals surface area contributed by atoms with Crippen LogP contribution in [0.1, 0.15) is 38.2 Å². The highest BCUT2D eigenvalue weighted by molar-refractivity contribution is 5.88. The van der Waals surface area contributed by atoms with Crippen LogP contribution in [0.25, 0.3) is 0 Å². The number of para-hydroxylation sites is 1. The zero-order valence-electron chi connectivity index (χ0n) is 12.3. The van der Waals surface area contributed by atoms with Gasteiger partial charge in [0.1, 0.15) is 5.54 Å². The summed E-state index contributed by atoms with van der Waals surface area (Å²) in [6.07, 6.45) is 2.57. The number of rotatable bonds is 5. The highest BCUT2D eigenvalue weighted by Crippen LogP contribution is 2.33. The second-order valence-electron chi connectivity index (χ2n) is 5.54. The Balaban J connectivity index is 2.06. The number of carbonyl (C=O) groups is 2. The Morgan fingerprint density at radius 1 is 1.38 bits per heavy atom. The first-order valence-electron chi connectivity index (χ1n) is 7.38. The number of amides is 1. The van der Waals surface area contributed by atoms with Crippen LogP contribution in [0.2, 0.25) is 0 Å². The van der Waals surface area contributed by atoms with Crippen molar-refractivity contribution in [1.29, 1.82) is 0 Å². The summed E-state index contributed by atoms with van der Waals surface area (Å²) in [6.45, 7) is 2.36. The van der Waals surface area contributed by atoms with E-state index in [1.165, 1.54) is 0 Å². The highest BCUT2D eigenvalue weighted by Gasteiger charge is 2.48. The van der Waals surface area contributed by atoms with Crippen LogP contribution in [0.3, 0.4) is 0 Å². The summed E-state index contributed by atoms with van der Waals surface area (Å²) < 4.78 is 0. The molecule has 5 nitrogen and oxygen atoms in total. The lowest BCUT2D eigenvalue weighted by Crippen LogP contribution is -2.52. The fourth-order valence-corrected chi connectivity index (χ4v) is 3.12. The number of hydrogen-bond acceptors (Lipinski definition) is 3. The summed E-state index contributed by atoms with van der Waals surface area (Å²) in [5.41, 5.74) is 6.46. The summed E-state index contributed by atoms with van der Waals surface area (Å²) in [5.74, 6) is -0.991. The van der Waals surface area contributed by atoms with E-state index in [4.69, 9.17) is 5.73 Å². The van der Waals surface area contributed by atoms with Gasteiger partial charge >= 0.3 is 5.97 Å². The number of hydrogen-bond donors (Lipinski definition) is 2. The molecular weight excluding hydrogens is 268 g/mol. The monoisotopic (exact) mass is 290 g/mol. The molecule has 0 bridgehead atoms. The summed E-state index contributed by atoms with van der Waals surface area (Å²) in [4.78, 5) is 25.6. The number of anilines is 1. The van der Waals surface area contributed by atoms with Crippen molar-refractivity contribution in [2.24, 2.45) is 0 Å². The van der Waals surface area contributed by atoms with Gasteiger partial charge in [-0.15, -0.1) is 0 Å². The van der Waals surface area contributed by atoms with Gasteiger partial charge in [0.25, 0.3) is 0 Å². The van der Waals surface area contributed by atoms with Crippen LogP contribution in [-0.4, -0.2) is 34.0 Å². The van der Waals surface area contributed by atoms with Crippen LogP contribution in [0.15, 0.2) is 24.3 Å². The zero-order chi connectivity index (χ0) is 15.5. The van der Waals surface area contributed by atoms with Gasteiger partial charge < -0.3 is 15.7 Å². The van der Waals surface area contributed by atoms with Crippen molar-refractivity contribution in [2.45, 2.75) is 44.6 Å². The number of aryl methyl sites for hydroxylation is 1. The first-order valence-corrected chi connectivity index (χ1v) is 7.38. The van der Waals surface area contributed by atoms with E-state index in [1.807, 2.05) is 31.2 Å². The fourth-order valence-electron chi connectivity index (χ4n) is 3.12. The van der Waals surface area contributed by atoms with Gasteiger partial charge in [0.15, 0.2) is 0 Å². The van der Waals surface area contributed by atoms with E-state index in [1.54, 1.807) is 4.90 Å². The third kappa shape index (κ3) is 2.86. The Kier molecular flexibility index (Phi) is 4.50. The van der Waals surface area contributed by atoms with Gasteiger partial charge in [0, 0.05) is 18.7 Å². The van der Waals surface area contributed by atoms with Crippen molar-refractivity contribution in [2.75, 3.05) is 12.3 Å². The van der Waals surface area contributed by atoms with Crippen LogP contribution in [0, 0.1) is 0 Å². The second-order valence-corrected chi connectivity index (χ2v) is 5.54. The quantitative estimate of drug-likeness (QED) is 0.813. The molecule has 0 aliphatic carbocycles. The standard InChI is InChI=1S/C16H22N2O3/c1-2-16(15(20)21)10-5-11-18(16)14(19)9-8-12-6-3-4-7-13(12)17/h3-4,6-7H,2,5,8-11,17H2,1H3,(H,20,21). The maximum atomic E-state index is 12.4. The van der Waals surface area contributed by atoms with E-state index in [0.29, 0.717) is 37.9 Å². The fraction of sp³-hybridized carbons (Fsp3) is 0.500. The average molecular weight is 290 g/mol. The van der Waals surface area contributed by atoms with Crippen LogP contribution in [0.4, 0.5) is 5.69 Å². The van der Waals surface area contributed by atoms with Gasteiger partial charge in [0.05, 0.1) is 0 Å². The van der Waals surface area contributed by atoms with E-state index in [2.05, 4.69) is 0 Å². The molecule has 0 spiro atoms. The molecule has 1 aliphatic rings. The lowest BCUT2D eigenvalue weighted by Gasteiger charge is -2.34.